The molecule has 0 bridgehead atoms. The van der Waals surface area contributed by atoms with Gasteiger partial charge in [0.25, 0.3) is 5.91 Å². The van der Waals surface area contributed by atoms with Crippen LogP contribution in [-0.4, -0.2) is 44.0 Å². The Balaban J connectivity index is 0.00000243. The van der Waals surface area contributed by atoms with Crippen LogP contribution in [0.5, 0.6) is 17.2 Å². The smallest absolute Gasteiger partial charge is 0.272 e. The van der Waals surface area contributed by atoms with Gasteiger partial charge in [-0.25, -0.2) is 0 Å². The molecule has 0 saturated heterocycles. The van der Waals surface area contributed by atoms with Crippen molar-refractivity contribution < 1.29 is 19.0 Å². The normalized spacial score (nSPS) is 12.6. The Morgan fingerprint density at radius 3 is 2.65 bits per heavy atom. The number of aromatic nitrogens is 2. The van der Waals surface area contributed by atoms with Crippen LogP contribution in [0.3, 0.4) is 0 Å². The number of nitrogens with zero attached hydrogens (tertiary/aromatic N) is 1. The highest BCUT2D eigenvalue weighted by Gasteiger charge is 2.22. The Kier molecular flexibility index (Phi) is 6.70. The Morgan fingerprint density at radius 1 is 1.19 bits per heavy atom. The maximum Gasteiger partial charge on any atom is 0.272 e. The van der Waals surface area contributed by atoms with Crippen LogP contribution in [0.4, 0.5) is 0 Å². The van der Waals surface area contributed by atoms with Crippen molar-refractivity contribution >= 4 is 18.3 Å². The highest BCUT2D eigenvalue weighted by atomic mass is 35.5. The number of carbonyl (C=O) groups excluding carboxylic acids is 1. The molecule has 1 aromatic carbocycles. The Bertz CT molecular complexity index is 778. The summed E-state index contributed by atoms with van der Waals surface area (Å²) in [5.74, 6) is 1.38. The van der Waals surface area contributed by atoms with E-state index in [1.165, 1.54) is 0 Å². The molecule has 9 heteroatoms. The van der Waals surface area contributed by atoms with Gasteiger partial charge in [-0.3, -0.25) is 9.89 Å². The quantitative estimate of drug-likeness (QED) is 0.699. The number of methoxy groups -OCH3 is 3. The number of aromatic amines is 1. The fourth-order valence-electron chi connectivity index (χ4n) is 2.97. The number of benzene rings is 1. The Morgan fingerprint density at radius 2 is 1.96 bits per heavy atom. The summed E-state index contributed by atoms with van der Waals surface area (Å²) in [6.07, 6.45) is 0.846. The molecule has 1 aliphatic heterocycles. The lowest BCUT2D eigenvalue weighted by atomic mass is 10.1. The molecule has 0 fully saturated rings. The molecule has 0 saturated carbocycles. The first-order valence-electron chi connectivity index (χ1n) is 8.02. The van der Waals surface area contributed by atoms with Crippen molar-refractivity contribution in [2.45, 2.75) is 19.5 Å². The molecule has 1 amide bonds. The summed E-state index contributed by atoms with van der Waals surface area (Å²) in [6.45, 7) is 1.82. The number of ether oxygens (including phenoxy) is 3. The zero-order valence-corrected chi connectivity index (χ0v) is 15.8. The van der Waals surface area contributed by atoms with Gasteiger partial charge in [0.1, 0.15) is 0 Å². The second kappa shape index (κ2) is 8.77. The first kappa shape index (κ1) is 19.9. The van der Waals surface area contributed by atoms with E-state index in [-0.39, 0.29) is 24.9 Å². The summed E-state index contributed by atoms with van der Waals surface area (Å²) in [4.78, 5) is 12.5. The minimum Gasteiger partial charge on any atom is -0.493 e. The van der Waals surface area contributed by atoms with Gasteiger partial charge in [0, 0.05) is 42.9 Å². The summed E-state index contributed by atoms with van der Waals surface area (Å²) in [6, 6.07) is 3.62. The van der Waals surface area contributed by atoms with E-state index in [1.807, 2.05) is 6.07 Å². The van der Waals surface area contributed by atoms with E-state index < -0.39 is 0 Å². The first-order valence-corrected chi connectivity index (χ1v) is 8.02. The fourth-order valence-corrected chi connectivity index (χ4v) is 2.97. The van der Waals surface area contributed by atoms with Gasteiger partial charge in [-0.2, -0.15) is 5.10 Å². The number of rotatable bonds is 6. The van der Waals surface area contributed by atoms with Crippen LogP contribution in [0.25, 0.3) is 0 Å². The largest absolute Gasteiger partial charge is 0.493 e. The van der Waals surface area contributed by atoms with Gasteiger partial charge in [-0.1, -0.05) is 0 Å². The standard InChI is InChI=1S/C17H22N4O4.ClH/c1-23-13-5-4-10(15(24-2)16(13)25-3)8-19-17(22)14-11-9-18-7-6-12(11)20-21-14;/h4-5,18H,6-9H2,1-3H3,(H,19,22)(H,20,21);1H. The van der Waals surface area contributed by atoms with E-state index in [4.69, 9.17) is 14.2 Å². The minimum absolute atomic E-state index is 0. The molecule has 8 nitrogen and oxygen atoms in total. The molecule has 0 unspecified atom stereocenters. The molecule has 0 spiro atoms. The highest BCUT2D eigenvalue weighted by Crippen LogP contribution is 2.39. The molecule has 3 N–H and O–H groups in total. The lowest BCUT2D eigenvalue weighted by molar-refractivity contribution is 0.0944. The average molecular weight is 383 g/mol. The monoisotopic (exact) mass is 382 g/mol. The molecule has 142 valence electrons. The van der Waals surface area contributed by atoms with Gasteiger partial charge in [0.05, 0.1) is 21.3 Å². The topological polar surface area (TPSA) is 97.5 Å². The molecule has 0 atom stereocenters. The number of nitrogens with one attached hydrogen (secondary N) is 3. The number of H-pyrrole nitrogens is 1. The van der Waals surface area contributed by atoms with Gasteiger partial charge < -0.3 is 24.8 Å². The van der Waals surface area contributed by atoms with Crippen molar-refractivity contribution in [1.29, 1.82) is 0 Å². The average Bonchev–Trinajstić information content (AvgIpc) is 3.09. The third-order valence-electron chi connectivity index (χ3n) is 4.25. The molecule has 1 aromatic heterocycles. The van der Waals surface area contributed by atoms with Crippen LogP contribution in [-0.2, 0) is 19.5 Å². The maximum absolute atomic E-state index is 12.5. The predicted octanol–water partition coefficient (Wildman–Crippen LogP) is 1.43. The second-order valence-electron chi connectivity index (χ2n) is 5.63. The molecular weight excluding hydrogens is 360 g/mol. The molecule has 2 heterocycles. The summed E-state index contributed by atoms with van der Waals surface area (Å²) in [5, 5.41) is 13.3. The fraction of sp³-hybridized carbons (Fsp3) is 0.412. The predicted molar refractivity (Wildman–Crippen MR) is 98.5 cm³/mol. The van der Waals surface area contributed by atoms with Crippen LogP contribution in [0.1, 0.15) is 27.3 Å². The zero-order chi connectivity index (χ0) is 17.8. The zero-order valence-electron chi connectivity index (χ0n) is 15.0. The minimum atomic E-state index is -0.224. The van der Waals surface area contributed by atoms with E-state index in [1.54, 1.807) is 27.4 Å². The first-order chi connectivity index (χ1) is 12.2. The van der Waals surface area contributed by atoms with Gasteiger partial charge in [0.15, 0.2) is 17.2 Å². The van der Waals surface area contributed by atoms with Crippen LogP contribution < -0.4 is 24.8 Å². The van der Waals surface area contributed by atoms with Crippen LogP contribution in [0.2, 0.25) is 0 Å². The van der Waals surface area contributed by atoms with Crippen LogP contribution >= 0.6 is 12.4 Å². The van der Waals surface area contributed by atoms with Gasteiger partial charge in [0.2, 0.25) is 5.75 Å². The van der Waals surface area contributed by atoms with Gasteiger partial charge >= 0.3 is 0 Å². The molecule has 26 heavy (non-hydrogen) atoms. The number of amides is 1. The van der Waals surface area contributed by atoms with E-state index in [0.717, 1.165) is 29.8 Å². The van der Waals surface area contributed by atoms with E-state index in [0.29, 0.717) is 29.5 Å². The van der Waals surface area contributed by atoms with E-state index in [2.05, 4.69) is 20.8 Å². The van der Waals surface area contributed by atoms with Crippen LogP contribution in [0, 0.1) is 0 Å². The lowest BCUT2D eigenvalue weighted by Crippen LogP contribution is -2.28. The molecule has 3 rings (SSSR count). The van der Waals surface area contributed by atoms with Crippen molar-refractivity contribution in [2.75, 3.05) is 27.9 Å². The maximum atomic E-state index is 12.5. The summed E-state index contributed by atoms with van der Waals surface area (Å²) in [7, 11) is 4.66. The van der Waals surface area contributed by atoms with E-state index in [9.17, 15) is 4.79 Å². The van der Waals surface area contributed by atoms with Crippen LogP contribution in [0.15, 0.2) is 12.1 Å². The second-order valence-corrected chi connectivity index (χ2v) is 5.63. The third kappa shape index (κ3) is 3.71. The Labute approximate surface area is 158 Å². The van der Waals surface area contributed by atoms with Gasteiger partial charge in [-0.05, 0) is 12.1 Å². The number of hydrogen-bond donors (Lipinski definition) is 3. The third-order valence-corrected chi connectivity index (χ3v) is 4.25. The summed E-state index contributed by atoms with van der Waals surface area (Å²) >= 11 is 0. The molecule has 0 radical (unpaired) electrons. The van der Waals surface area contributed by atoms with Crippen molar-refractivity contribution in [2.24, 2.45) is 0 Å². The molecule has 0 aliphatic carbocycles. The number of carbonyl (C=O) groups is 1. The van der Waals surface area contributed by atoms with Crippen molar-refractivity contribution in [3.63, 3.8) is 0 Å². The summed E-state index contributed by atoms with van der Waals surface area (Å²) < 4.78 is 16.1. The molecule has 2 aromatic rings. The molecular formula is C17H23ClN4O4. The highest BCUT2D eigenvalue weighted by molar-refractivity contribution is 5.94. The number of fused-ring (bicyclic) bond motifs is 1. The van der Waals surface area contributed by atoms with Crippen molar-refractivity contribution in [1.82, 2.24) is 20.8 Å². The van der Waals surface area contributed by atoms with Crippen molar-refractivity contribution in [3.8, 4) is 17.2 Å². The lowest BCUT2D eigenvalue weighted by Gasteiger charge is -2.16. The molecule has 1 aliphatic rings. The van der Waals surface area contributed by atoms with Crippen molar-refractivity contribution in [3.05, 3.63) is 34.6 Å². The van der Waals surface area contributed by atoms with E-state index >= 15 is 0 Å². The van der Waals surface area contributed by atoms with Gasteiger partial charge in [-0.15, -0.1) is 12.4 Å². The summed E-state index contributed by atoms with van der Waals surface area (Å²) in [5.41, 5.74) is 3.17. The SMILES string of the molecule is COc1ccc(CNC(=O)c2n[nH]c3c2CNCC3)c(OC)c1OC.Cl. The Hall–Kier alpha value is -2.45. The number of halogens is 1. The number of hydrogen-bond acceptors (Lipinski definition) is 6.